The molecule has 1 atom stereocenters. The Morgan fingerprint density at radius 2 is 1.86 bits per heavy atom. The second kappa shape index (κ2) is 9.49. The van der Waals surface area contributed by atoms with Gasteiger partial charge in [-0.1, -0.05) is 23.7 Å². The van der Waals surface area contributed by atoms with Gasteiger partial charge in [-0.15, -0.1) is 0 Å². The molecule has 1 aliphatic heterocycles. The summed E-state index contributed by atoms with van der Waals surface area (Å²) in [5.41, 5.74) is 1.38. The highest BCUT2D eigenvalue weighted by Crippen LogP contribution is 2.26. The number of halogens is 2. The summed E-state index contributed by atoms with van der Waals surface area (Å²) in [6.07, 6.45) is 3.21. The van der Waals surface area contributed by atoms with Crippen molar-refractivity contribution in [1.82, 2.24) is 14.8 Å². The van der Waals surface area contributed by atoms with Crippen molar-refractivity contribution in [2.45, 2.75) is 13.0 Å². The quantitative estimate of drug-likeness (QED) is 0.631. The van der Waals surface area contributed by atoms with E-state index < -0.39 is 6.04 Å². The van der Waals surface area contributed by atoms with Crippen molar-refractivity contribution >= 4 is 39.4 Å². The minimum atomic E-state index is -0.512. The van der Waals surface area contributed by atoms with Crippen LogP contribution in [0.5, 0.6) is 0 Å². The molecule has 2 aromatic rings. The second-order valence-electron chi connectivity index (χ2n) is 6.43. The molecule has 6 nitrogen and oxygen atoms in total. The third-order valence-corrected chi connectivity index (χ3v) is 5.30. The maximum absolute atomic E-state index is 12.7. The van der Waals surface area contributed by atoms with Gasteiger partial charge in [0.2, 0.25) is 0 Å². The van der Waals surface area contributed by atoms with Gasteiger partial charge in [0.05, 0.1) is 12.2 Å². The zero-order valence-corrected chi connectivity index (χ0v) is 17.8. The van der Waals surface area contributed by atoms with Gasteiger partial charge >= 0.3 is 5.97 Å². The number of hydrogen-bond acceptors (Lipinski definition) is 5. The summed E-state index contributed by atoms with van der Waals surface area (Å²) in [5.74, 6) is -0.353. The SMILES string of the molecule is CCOC(=O)C(c1ccc(Cl)cc1)N1CCN(C(=O)c2cncc(Br)c2)CC1. The van der Waals surface area contributed by atoms with E-state index in [2.05, 4.69) is 20.9 Å². The van der Waals surface area contributed by atoms with Crippen LogP contribution in [0.4, 0.5) is 0 Å². The number of amides is 1. The largest absolute Gasteiger partial charge is 0.465 e. The van der Waals surface area contributed by atoms with E-state index in [1.807, 2.05) is 17.0 Å². The van der Waals surface area contributed by atoms with Gasteiger partial charge in [-0.2, -0.15) is 0 Å². The first-order valence-corrected chi connectivity index (χ1v) is 10.2. The van der Waals surface area contributed by atoms with Crippen molar-refractivity contribution in [2.75, 3.05) is 32.8 Å². The smallest absolute Gasteiger partial charge is 0.328 e. The first-order valence-electron chi connectivity index (χ1n) is 9.05. The lowest BCUT2D eigenvalue weighted by atomic mass is 10.0. The molecule has 1 aromatic heterocycles. The van der Waals surface area contributed by atoms with Crippen LogP contribution in [0.25, 0.3) is 0 Å². The van der Waals surface area contributed by atoms with Crippen molar-refractivity contribution in [3.63, 3.8) is 0 Å². The molecule has 28 heavy (non-hydrogen) atoms. The summed E-state index contributed by atoms with van der Waals surface area (Å²) in [5, 5.41) is 0.615. The number of carbonyl (C=O) groups excluding carboxylic acids is 2. The Kier molecular flexibility index (Phi) is 7.04. The number of hydrogen-bond donors (Lipinski definition) is 0. The molecular weight excluding hydrogens is 446 g/mol. The highest BCUT2D eigenvalue weighted by molar-refractivity contribution is 9.10. The Bertz CT molecular complexity index is 839. The lowest BCUT2D eigenvalue weighted by molar-refractivity contribution is -0.150. The molecule has 0 radical (unpaired) electrons. The number of nitrogens with zero attached hydrogens (tertiary/aromatic N) is 3. The molecule has 1 saturated heterocycles. The first-order chi connectivity index (χ1) is 13.5. The van der Waals surface area contributed by atoms with Crippen LogP contribution < -0.4 is 0 Å². The normalized spacial score (nSPS) is 15.9. The summed E-state index contributed by atoms with van der Waals surface area (Å²) in [6.45, 7) is 4.29. The summed E-state index contributed by atoms with van der Waals surface area (Å²) in [4.78, 5) is 33.2. The molecule has 1 aliphatic rings. The van der Waals surface area contributed by atoms with Gasteiger partial charge in [0.15, 0.2) is 0 Å². The Hall–Kier alpha value is -1.96. The molecule has 8 heteroatoms. The lowest BCUT2D eigenvalue weighted by Gasteiger charge is -2.38. The van der Waals surface area contributed by atoms with Crippen LogP contribution in [0.15, 0.2) is 47.2 Å². The van der Waals surface area contributed by atoms with E-state index in [9.17, 15) is 9.59 Å². The van der Waals surface area contributed by atoms with Gasteiger partial charge in [0.1, 0.15) is 6.04 Å². The second-order valence-corrected chi connectivity index (χ2v) is 7.78. The fourth-order valence-electron chi connectivity index (χ4n) is 3.26. The van der Waals surface area contributed by atoms with E-state index in [0.29, 0.717) is 43.4 Å². The number of esters is 1. The fraction of sp³-hybridized carbons (Fsp3) is 0.350. The highest BCUT2D eigenvalue weighted by Gasteiger charge is 2.32. The summed E-state index contributed by atoms with van der Waals surface area (Å²) in [7, 11) is 0. The van der Waals surface area contributed by atoms with Gasteiger partial charge in [0.25, 0.3) is 5.91 Å². The minimum absolute atomic E-state index is 0.0624. The van der Waals surface area contributed by atoms with Crippen LogP contribution in [0.2, 0.25) is 5.02 Å². The Balaban J connectivity index is 1.72. The van der Waals surface area contributed by atoms with Crippen LogP contribution in [0.1, 0.15) is 28.9 Å². The zero-order chi connectivity index (χ0) is 20.1. The number of piperazine rings is 1. The molecular formula is C20H21BrClN3O3. The number of pyridine rings is 1. The average Bonchev–Trinajstić information content (AvgIpc) is 2.70. The van der Waals surface area contributed by atoms with Crippen LogP contribution in [0.3, 0.4) is 0 Å². The number of rotatable bonds is 5. The summed E-state index contributed by atoms with van der Waals surface area (Å²) < 4.78 is 6.06. The lowest BCUT2D eigenvalue weighted by Crippen LogP contribution is -2.51. The van der Waals surface area contributed by atoms with Crippen molar-refractivity contribution in [3.8, 4) is 0 Å². The Morgan fingerprint density at radius 1 is 1.18 bits per heavy atom. The molecule has 1 aromatic carbocycles. The molecule has 0 aliphatic carbocycles. The van der Waals surface area contributed by atoms with E-state index in [1.165, 1.54) is 0 Å². The zero-order valence-electron chi connectivity index (χ0n) is 15.5. The number of benzene rings is 1. The van der Waals surface area contributed by atoms with E-state index >= 15 is 0 Å². The average molecular weight is 467 g/mol. The maximum atomic E-state index is 12.7. The predicted octanol–water partition coefficient (Wildman–Crippen LogP) is 3.56. The first kappa shape index (κ1) is 20.8. The van der Waals surface area contributed by atoms with Gasteiger partial charge in [-0.05, 0) is 46.6 Å². The molecule has 1 unspecified atom stereocenters. The molecule has 0 N–H and O–H groups in total. The van der Waals surface area contributed by atoms with Crippen molar-refractivity contribution < 1.29 is 14.3 Å². The van der Waals surface area contributed by atoms with Crippen molar-refractivity contribution in [3.05, 3.63) is 63.3 Å². The minimum Gasteiger partial charge on any atom is -0.465 e. The van der Waals surface area contributed by atoms with Crippen LogP contribution >= 0.6 is 27.5 Å². The molecule has 0 bridgehead atoms. The number of ether oxygens (including phenoxy) is 1. The van der Waals surface area contributed by atoms with Crippen LogP contribution in [-0.4, -0.2) is 59.4 Å². The monoisotopic (exact) mass is 465 g/mol. The highest BCUT2D eigenvalue weighted by atomic mass is 79.9. The molecule has 0 saturated carbocycles. The standard InChI is InChI=1S/C20H21BrClN3O3/c1-2-28-20(27)18(14-3-5-17(22)6-4-14)24-7-9-25(10-8-24)19(26)15-11-16(21)13-23-12-15/h3-6,11-13,18H,2,7-10H2,1H3. The van der Waals surface area contributed by atoms with Gasteiger partial charge in [-0.25, -0.2) is 4.79 Å². The molecule has 3 rings (SSSR count). The van der Waals surface area contributed by atoms with E-state index in [0.717, 1.165) is 10.0 Å². The molecule has 1 amide bonds. The number of aromatic nitrogens is 1. The fourth-order valence-corrected chi connectivity index (χ4v) is 3.75. The maximum Gasteiger partial charge on any atom is 0.328 e. The summed E-state index contributed by atoms with van der Waals surface area (Å²) >= 11 is 9.33. The van der Waals surface area contributed by atoms with E-state index in [4.69, 9.17) is 16.3 Å². The van der Waals surface area contributed by atoms with Gasteiger partial charge < -0.3 is 9.64 Å². The Labute approximate surface area is 177 Å². The third-order valence-electron chi connectivity index (χ3n) is 4.61. The topological polar surface area (TPSA) is 62.7 Å². The van der Waals surface area contributed by atoms with Gasteiger partial charge in [-0.3, -0.25) is 14.7 Å². The Morgan fingerprint density at radius 3 is 2.46 bits per heavy atom. The van der Waals surface area contributed by atoms with Gasteiger partial charge in [0, 0.05) is 48.1 Å². The third kappa shape index (κ3) is 4.90. The van der Waals surface area contributed by atoms with Crippen molar-refractivity contribution in [1.29, 1.82) is 0 Å². The number of carbonyl (C=O) groups is 2. The predicted molar refractivity (Wildman–Crippen MR) is 110 cm³/mol. The van der Waals surface area contributed by atoms with E-state index in [-0.39, 0.29) is 11.9 Å². The molecule has 148 valence electrons. The molecule has 0 spiro atoms. The van der Waals surface area contributed by atoms with Crippen molar-refractivity contribution in [2.24, 2.45) is 0 Å². The van der Waals surface area contributed by atoms with Crippen LogP contribution in [0, 0.1) is 0 Å². The van der Waals surface area contributed by atoms with Crippen LogP contribution in [-0.2, 0) is 9.53 Å². The summed E-state index contributed by atoms with van der Waals surface area (Å²) in [6, 6.07) is 8.47. The molecule has 1 fully saturated rings. The van der Waals surface area contributed by atoms with E-state index in [1.54, 1.807) is 42.4 Å². The molecule has 2 heterocycles.